The number of anilines is 1. The smallest absolute Gasteiger partial charge is 0.257 e. The number of aromatic nitrogens is 2. The van der Waals surface area contributed by atoms with Gasteiger partial charge in [0.2, 0.25) is 0 Å². The fraction of sp³-hybridized carbons (Fsp3) is 0.115. The number of nitrogens with one attached hydrogen (secondary N) is 1. The normalized spacial score (nSPS) is 10.8. The second-order valence-corrected chi connectivity index (χ2v) is 8.17. The second kappa shape index (κ2) is 9.38. The highest BCUT2D eigenvalue weighted by molar-refractivity contribution is 6.31. The van der Waals surface area contributed by atoms with Gasteiger partial charge < -0.3 is 5.32 Å². The molecule has 1 N–H and O–H groups in total. The molecule has 0 unspecified atom stereocenters. The van der Waals surface area contributed by atoms with Crippen molar-refractivity contribution in [2.75, 3.05) is 5.32 Å². The molecule has 5 nitrogen and oxygen atoms in total. The molecule has 0 bridgehead atoms. The van der Waals surface area contributed by atoms with Crippen LogP contribution in [0.4, 0.5) is 10.2 Å². The molecular formula is C26H21ClFN3O2. The van der Waals surface area contributed by atoms with E-state index in [0.29, 0.717) is 34.1 Å². The van der Waals surface area contributed by atoms with Gasteiger partial charge in [-0.3, -0.25) is 14.3 Å². The van der Waals surface area contributed by atoms with Gasteiger partial charge in [-0.25, -0.2) is 4.39 Å². The van der Waals surface area contributed by atoms with Crippen LogP contribution < -0.4 is 5.32 Å². The van der Waals surface area contributed by atoms with Crippen LogP contribution in [0.5, 0.6) is 0 Å². The third-order valence-corrected chi connectivity index (χ3v) is 5.64. The first-order valence-corrected chi connectivity index (χ1v) is 10.7. The van der Waals surface area contributed by atoms with Gasteiger partial charge in [0, 0.05) is 27.9 Å². The lowest BCUT2D eigenvalue weighted by Crippen LogP contribution is -2.17. The Hall–Kier alpha value is -3.77. The van der Waals surface area contributed by atoms with E-state index >= 15 is 0 Å². The zero-order chi connectivity index (χ0) is 23.5. The first-order chi connectivity index (χ1) is 15.8. The molecule has 4 rings (SSSR count). The number of aryl methyl sites for hydroxylation is 2. The molecule has 0 fully saturated rings. The summed E-state index contributed by atoms with van der Waals surface area (Å²) in [6, 6.07) is 19.8. The maximum absolute atomic E-state index is 13.3. The molecule has 0 radical (unpaired) electrons. The van der Waals surface area contributed by atoms with Crippen LogP contribution in [0.2, 0.25) is 5.02 Å². The average Bonchev–Trinajstić information content (AvgIpc) is 3.14. The number of amides is 1. The minimum atomic E-state index is -0.435. The summed E-state index contributed by atoms with van der Waals surface area (Å²) in [4.78, 5) is 26.0. The molecule has 3 aromatic carbocycles. The largest absolute Gasteiger partial charge is 0.305 e. The number of carbonyl (C=O) groups excluding carboxylic acids is 2. The third kappa shape index (κ3) is 5.02. The number of benzene rings is 3. The van der Waals surface area contributed by atoms with Crippen molar-refractivity contribution in [3.63, 3.8) is 0 Å². The van der Waals surface area contributed by atoms with Crippen LogP contribution in [0.3, 0.4) is 0 Å². The number of hydrogen-bond acceptors (Lipinski definition) is 3. The average molecular weight is 462 g/mol. The van der Waals surface area contributed by atoms with Crippen LogP contribution in [0.1, 0.15) is 43.1 Å². The Morgan fingerprint density at radius 1 is 0.970 bits per heavy atom. The van der Waals surface area contributed by atoms with E-state index in [4.69, 9.17) is 11.6 Å². The Labute approximate surface area is 195 Å². The zero-order valence-electron chi connectivity index (χ0n) is 18.1. The van der Waals surface area contributed by atoms with E-state index in [1.165, 1.54) is 12.1 Å². The van der Waals surface area contributed by atoms with Crippen molar-refractivity contribution in [3.8, 4) is 0 Å². The summed E-state index contributed by atoms with van der Waals surface area (Å²) in [5, 5.41) is 7.50. The minimum Gasteiger partial charge on any atom is -0.305 e. The monoisotopic (exact) mass is 461 g/mol. The molecule has 0 aliphatic rings. The lowest BCUT2D eigenvalue weighted by atomic mass is 9.97. The number of rotatable bonds is 6. The first-order valence-electron chi connectivity index (χ1n) is 10.3. The lowest BCUT2D eigenvalue weighted by Gasteiger charge is -2.09. The van der Waals surface area contributed by atoms with Crippen molar-refractivity contribution in [2.24, 2.45) is 0 Å². The Bertz CT molecular complexity index is 1350. The Morgan fingerprint density at radius 2 is 1.67 bits per heavy atom. The quantitative estimate of drug-likeness (QED) is 0.368. The molecule has 0 aliphatic carbocycles. The number of nitrogens with zero attached hydrogens (tertiary/aromatic N) is 2. The van der Waals surface area contributed by atoms with Gasteiger partial charge in [0.1, 0.15) is 5.82 Å². The van der Waals surface area contributed by atoms with E-state index in [-0.39, 0.29) is 11.3 Å². The predicted octanol–water partition coefficient (Wildman–Crippen LogP) is 5.82. The van der Waals surface area contributed by atoms with Gasteiger partial charge in [0.05, 0.1) is 12.1 Å². The fourth-order valence-corrected chi connectivity index (χ4v) is 3.69. The highest BCUT2D eigenvalue weighted by Crippen LogP contribution is 2.21. The van der Waals surface area contributed by atoms with Crippen molar-refractivity contribution in [2.45, 2.75) is 20.4 Å². The summed E-state index contributed by atoms with van der Waals surface area (Å²) in [5.74, 6) is -0.731. The molecule has 4 aromatic rings. The van der Waals surface area contributed by atoms with Crippen molar-refractivity contribution in [3.05, 3.63) is 117 Å². The van der Waals surface area contributed by atoms with Gasteiger partial charge in [0.15, 0.2) is 11.6 Å². The van der Waals surface area contributed by atoms with Crippen molar-refractivity contribution in [1.29, 1.82) is 0 Å². The molecule has 0 saturated heterocycles. The topological polar surface area (TPSA) is 64.0 Å². The molecule has 0 aliphatic heterocycles. The molecule has 0 saturated carbocycles. The van der Waals surface area contributed by atoms with Crippen LogP contribution in [0.25, 0.3) is 0 Å². The first kappa shape index (κ1) is 22.4. The minimum absolute atomic E-state index is 0.228. The van der Waals surface area contributed by atoms with E-state index in [9.17, 15) is 14.0 Å². The fourth-order valence-electron chi connectivity index (χ4n) is 3.47. The summed E-state index contributed by atoms with van der Waals surface area (Å²) in [6.45, 7) is 4.11. The van der Waals surface area contributed by atoms with E-state index < -0.39 is 11.7 Å². The highest BCUT2D eigenvalue weighted by Gasteiger charge is 2.19. The zero-order valence-corrected chi connectivity index (χ0v) is 18.9. The van der Waals surface area contributed by atoms with Crippen LogP contribution in [0.15, 0.2) is 72.8 Å². The van der Waals surface area contributed by atoms with E-state index in [1.807, 2.05) is 26.0 Å². The molecule has 7 heteroatoms. The molecule has 0 spiro atoms. The predicted molar refractivity (Wildman–Crippen MR) is 126 cm³/mol. The van der Waals surface area contributed by atoms with Gasteiger partial charge in [0.25, 0.3) is 5.91 Å². The molecule has 0 atom stereocenters. The Morgan fingerprint density at radius 3 is 2.36 bits per heavy atom. The summed E-state index contributed by atoms with van der Waals surface area (Å²) in [6.07, 6.45) is 0. The Balaban J connectivity index is 1.55. The summed E-state index contributed by atoms with van der Waals surface area (Å²) < 4.78 is 15.0. The summed E-state index contributed by atoms with van der Waals surface area (Å²) in [5.41, 5.74) is 3.62. The standard InChI is InChI=1S/C26H21ClFN3O2/c1-16-7-9-18(10-8-16)25(32)21-5-3-4-6-22(21)26(33)29-24-13-17(2)31(30-24)15-19-11-12-20(28)14-23(19)27/h3-14H,15H2,1-2H3,(H,29,30,33). The van der Waals surface area contributed by atoms with E-state index in [2.05, 4.69) is 10.4 Å². The SMILES string of the molecule is Cc1ccc(C(=O)c2ccccc2C(=O)Nc2cc(C)n(Cc3ccc(F)cc3Cl)n2)cc1. The molecule has 33 heavy (non-hydrogen) atoms. The van der Waals surface area contributed by atoms with Gasteiger partial charge in [-0.05, 0) is 37.6 Å². The van der Waals surface area contributed by atoms with Gasteiger partial charge >= 0.3 is 0 Å². The number of ketones is 1. The maximum atomic E-state index is 13.3. The third-order valence-electron chi connectivity index (χ3n) is 5.29. The van der Waals surface area contributed by atoms with Gasteiger partial charge in [-0.15, -0.1) is 0 Å². The number of hydrogen-bond donors (Lipinski definition) is 1. The van der Waals surface area contributed by atoms with Crippen LogP contribution in [-0.2, 0) is 6.54 Å². The van der Waals surface area contributed by atoms with E-state index in [0.717, 1.165) is 11.3 Å². The summed E-state index contributed by atoms with van der Waals surface area (Å²) in [7, 11) is 0. The molecule has 166 valence electrons. The van der Waals surface area contributed by atoms with Crippen molar-refractivity contribution < 1.29 is 14.0 Å². The second-order valence-electron chi connectivity index (χ2n) is 7.76. The van der Waals surface area contributed by atoms with E-state index in [1.54, 1.807) is 53.2 Å². The number of halogens is 2. The van der Waals surface area contributed by atoms with Crippen LogP contribution in [0, 0.1) is 19.7 Å². The molecule has 1 amide bonds. The maximum Gasteiger partial charge on any atom is 0.257 e. The van der Waals surface area contributed by atoms with Crippen LogP contribution in [-0.4, -0.2) is 21.5 Å². The lowest BCUT2D eigenvalue weighted by molar-refractivity contribution is 0.0996. The van der Waals surface area contributed by atoms with Crippen molar-refractivity contribution in [1.82, 2.24) is 9.78 Å². The van der Waals surface area contributed by atoms with Gasteiger partial charge in [-0.2, -0.15) is 5.10 Å². The van der Waals surface area contributed by atoms with Crippen molar-refractivity contribution >= 4 is 29.1 Å². The summed E-state index contributed by atoms with van der Waals surface area (Å²) >= 11 is 6.13. The highest BCUT2D eigenvalue weighted by atomic mass is 35.5. The Kier molecular flexibility index (Phi) is 6.38. The molecule has 1 heterocycles. The van der Waals surface area contributed by atoms with Crippen LogP contribution >= 0.6 is 11.6 Å². The molecular weight excluding hydrogens is 441 g/mol. The van der Waals surface area contributed by atoms with Gasteiger partial charge in [-0.1, -0.05) is 65.7 Å². The number of carbonyl (C=O) groups is 2. The molecule has 1 aromatic heterocycles.